The van der Waals surface area contributed by atoms with Crippen molar-refractivity contribution in [1.29, 1.82) is 0 Å². The van der Waals surface area contributed by atoms with Gasteiger partial charge in [0.1, 0.15) is 10.7 Å². The number of carbonyl (C=O) groups is 1. The standard InChI is InChI=1S/C14H16FNO5S/c15-11-9-10(13(17)18)1-2-12(11)22(19,20)16-6-3-14(16)4-7-21-8-5-14/h1-2,9H,3-8H2,(H,17,18). The maximum Gasteiger partial charge on any atom is 0.335 e. The number of halogens is 1. The van der Waals surface area contributed by atoms with Gasteiger partial charge in [-0.25, -0.2) is 17.6 Å². The van der Waals surface area contributed by atoms with Crippen LogP contribution >= 0.6 is 0 Å². The molecule has 22 heavy (non-hydrogen) atoms. The van der Waals surface area contributed by atoms with Crippen molar-refractivity contribution in [2.45, 2.75) is 29.7 Å². The van der Waals surface area contributed by atoms with Crippen molar-refractivity contribution in [3.63, 3.8) is 0 Å². The number of ether oxygens (including phenoxy) is 1. The molecule has 0 atom stereocenters. The molecule has 2 saturated heterocycles. The Labute approximate surface area is 127 Å². The van der Waals surface area contributed by atoms with Crippen molar-refractivity contribution in [1.82, 2.24) is 4.31 Å². The fraction of sp³-hybridized carbons (Fsp3) is 0.500. The highest BCUT2D eigenvalue weighted by Crippen LogP contribution is 2.43. The minimum Gasteiger partial charge on any atom is -0.478 e. The Kier molecular flexibility index (Phi) is 3.70. The second-order valence-corrected chi connectivity index (χ2v) is 7.44. The molecule has 0 unspecified atom stereocenters. The Bertz CT molecular complexity index is 712. The zero-order chi connectivity index (χ0) is 16.0. The SMILES string of the molecule is O=C(O)c1ccc(S(=O)(=O)N2CCC23CCOCC3)c(F)c1. The summed E-state index contributed by atoms with van der Waals surface area (Å²) in [5, 5.41) is 8.83. The third-order valence-corrected chi connectivity index (χ3v) is 6.52. The second kappa shape index (κ2) is 5.29. The van der Waals surface area contributed by atoms with Gasteiger partial charge in [-0.15, -0.1) is 0 Å². The Balaban J connectivity index is 1.95. The molecule has 1 aromatic rings. The Morgan fingerprint density at radius 2 is 1.95 bits per heavy atom. The molecule has 2 heterocycles. The molecule has 2 aliphatic heterocycles. The van der Waals surface area contributed by atoms with Crippen LogP contribution in [0.25, 0.3) is 0 Å². The monoisotopic (exact) mass is 329 g/mol. The van der Waals surface area contributed by atoms with E-state index in [0.29, 0.717) is 32.6 Å². The summed E-state index contributed by atoms with van der Waals surface area (Å²) in [5.74, 6) is -2.33. The lowest BCUT2D eigenvalue weighted by Gasteiger charge is -2.53. The molecule has 0 amide bonds. The van der Waals surface area contributed by atoms with Crippen molar-refractivity contribution in [3.8, 4) is 0 Å². The first-order chi connectivity index (χ1) is 10.4. The highest BCUT2D eigenvalue weighted by atomic mass is 32.2. The van der Waals surface area contributed by atoms with Crippen LogP contribution < -0.4 is 0 Å². The van der Waals surface area contributed by atoms with Gasteiger partial charge >= 0.3 is 5.97 Å². The van der Waals surface area contributed by atoms with Gasteiger partial charge in [0, 0.05) is 25.3 Å². The van der Waals surface area contributed by atoms with E-state index in [1.54, 1.807) is 0 Å². The average Bonchev–Trinajstić information content (AvgIpc) is 2.46. The lowest BCUT2D eigenvalue weighted by atomic mass is 9.81. The molecule has 0 radical (unpaired) electrons. The summed E-state index contributed by atoms with van der Waals surface area (Å²) in [7, 11) is -3.97. The van der Waals surface area contributed by atoms with E-state index in [1.807, 2.05) is 0 Å². The predicted molar refractivity (Wildman–Crippen MR) is 74.7 cm³/mol. The lowest BCUT2D eigenvalue weighted by molar-refractivity contribution is -0.0426. The van der Waals surface area contributed by atoms with E-state index in [4.69, 9.17) is 9.84 Å². The average molecular weight is 329 g/mol. The van der Waals surface area contributed by atoms with Gasteiger partial charge in [-0.3, -0.25) is 0 Å². The van der Waals surface area contributed by atoms with Gasteiger partial charge in [-0.05, 0) is 37.5 Å². The van der Waals surface area contributed by atoms with Gasteiger partial charge in [-0.2, -0.15) is 4.31 Å². The van der Waals surface area contributed by atoms with Crippen molar-refractivity contribution in [2.24, 2.45) is 0 Å². The smallest absolute Gasteiger partial charge is 0.335 e. The van der Waals surface area contributed by atoms with Crippen LogP contribution in [0, 0.1) is 5.82 Å². The highest BCUT2D eigenvalue weighted by Gasteiger charge is 2.52. The van der Waals surface area contributed by atoms with Crippen molar-refractivity contribution in [2.75, 3.05) is 19.8 Å². The summed E-state index contributed by atoms with van der Waals surface area (Å²) in [6.45, 7) is 1.33. The quantitative estimate of drug-likeness (QED) is 0.908. The highest BCUT2D eigenvalue weighted by molar-refractivity contribution is 7.89. The number of aromatic carboxylic acids is 1. The molecular formula is C14H16FNO5S. The van der Waals surface area contributed by atoms with Crippen LogP contribution in [0.15, 0.2) is 23.1 Å². The normalized spacial score (nSPS) is 21.5. The minimum atomic E-state index is -3.97. The zero-order valence-corrected chi connectivity index (χ0v) is 12.6. The van der Waals surface area contributed by atoms with Crippen molar-refractivity contribution in [3.05, 3.63) is 29.6 Å². The fourth-order valence-corrected chi connectivity index (χ4v) is 5.01. The number of carboxylic acid groups (broad SMARTS) is 1. The molecule has 0 bridgehead atoms. The van der Waals surface area contributed by atoms with E-state index in [1.165, 1.54) is 4.31 Å². The number of carboxylic acids is 1. The second-order valence-electron chi connectivity index (χ2n) is 5.61. The minimum absolute atomic E-state index is 0.277. The van der Waals surface area contributed by atoms with E-state index >= 15 is 0 Å². The van der Waals surface area contributed by atoms with Crippen LogP contribution in [-0.2, 0) is 14.8 Å². The van der Waals surface area contributed by atoms with Crippen LogP contribution in [0.1, 0.15) is 29.6 Å². The van der Waals surface area contributed by atoms with Gasteiger partial charge in [0.05, 0.1) is 5.56 Å². The topological polar surface area (TPSA) is 83.9 Å². The predicted octanol–water partition coefficient (Wildman–Crippen LogP) is 1.47. The summed E-state index contributed by atoms with van der Waals surface area (Å²) < 4.78 is 46.1. The Hall–Kier alpha value is -1.51. The summed E-state index contributed by atoms with van der Waals surface area (Å²) in [4.78, 5) is 10.3. The van der Waals surface area contributed by atoms with Crippen LogP contribution in [0.2, 0.25) is 0 Å². The molecular weight excluding hydrogens is 313 g/mol. The summed E-state index contributed by atoms with van der Waals surface area (Å²) in [5.41, 5.74) is -0.754. The number of hydrogen-bond donors (Lipinski definition) is 1. The van der Waals surface area contributed by atoms with Gasteiger partial charge in [0.15, 0.2) is 0 Å². The molecule has 8 heteroatoms. The number of hydrogen-bond acceptors (Lipinski definition) is 4. The molecule has 1 aromatic carbocycles. The van der Waals surface area contributed by atoms with Crippen molar-refractivity contribution < 1.29 is 27.4 Å². The van der Waals surface area contributed by atoms with Crippen LogP contribution in [0.4, 0.5) is 4.39 Å². The number of nitrogens with zero attached hydrogens (tertiary/aromatic N) is 1. The molecule has 1 spiro atoms. The summed E-state index contributed by atoms with van der Waals surface area (Å²) in [6, 6.07) is 2.87. The molecule has 0 aliphatic carbocycles. The number of rotatable bonds is 3. The van der Waals surface area contributed by atoms with E-state index < -0.39 is 32.2 Å². The van der Waals surface area contributed by atoms with E-state index in [2.05, 4.69) is 0 Å². The Morgan fingerprint density at radius 3 is 2.45 bits per heavy atom. The third-order valence-electron chi connectivity index (χ3n) is 4.48. The zero-order valence-electron chi connectivity index (χ0n) is 11.8. The van der Waals surface area contributed by atoms with Gasteiger partial charge in [0.25, 0.3) is 0 Å². The summed E-state index contributed by atoms with van der Waals surface area (Å²) in [6.07, 6.45) is 1.94. The van der Waals surface area contributed by atoms with Gasteiger partial charge in [-0.1, -0.05) is 0 Å². The fourth-order valence-electron chi connectivity index (χ4n) is 3.11. The largest absolute Gasteiger partial charge is 0.478 e. The molecule has 2 fully saturated rings. The third kappa shape index (κ3) is 2.31. The Morgan fingerprint density at radius 1 is 1.27 bits per heavy atom. The molecule has 1 N–H and O–H groups in total. The van der Waals surface area contributed by atoms with Gasteiger partial charge < -0.3 is 9.84 Å². The van der Waals surface area contributed by atoms with E-state index in [0.717, 1.165) is 24.6 Å². The van der Waals surface area contributed by atoms with Crippen molar-refractivity contribution >= 4 is 16.0 Å². The molecule has 3 rings (SSSR count). The molecule has 2 aliphatic rings. The lowest BCUT2D eigenvalue weighted by Crippen LogP contribution is -2.63. The van der Waals surface area contributed by atoms with Crippen LogP contribution in [-0.4, -0.2) is 49.1 Å². The summed E-state index contributed by atoms with van der Waals surface area (Å²) >= 11 is 0. The maximum atomic E-state index is 14.1. The van der Waals surface area contributed by atoms with Crippen LogP contribution in [0.5, 0.6) is 0 Å². The van der Waals surface area contributed by atoms with Gasteiger partial charge in [0.2, 0.25) is 10.0 Å². The number of sulfonamides is 1. The maximum absolute atomic E-state index is 14.1. The first-order valence-corrected chi connectivity index (χ1v) is 8.44. The molecule has 0 aromatic heterocycles. The van der Waals surface area contributed by atoms with E-state index in [-0.39, 0.29) is 5.56 Å². The molecule has 0 saturated carbocycles. The number of benzene rings is 1. The molecule has 120 valence electrons. The first kappa shape index (κ1) is 15.4. The first-order valence-electron chi connectivity index (χ1n) is 7.00. The van der Waals surface area contributed by atoms with E-state index in [9.17, 15) is 17.6 Å². The molecule has 6 nitrogen and oxygen atoms in total. The van der Waals surface area contributed by atoms with Crippen LogP contribution in [0.3, 0.4) is 0 Å².